The highest BCUT2D eigenvalue weighted by molar-refractivity contribution is 6.30. The van der Waals surface area contributed by atoms with E-state index in [2.05, 4.69) is 17.0 Å². The topological polar surface area (TPSA) is 53.1 Å². The van der Waals surface area contributed by atoms with Crippen LogP contribution in [0.25, 0.3) is 0 Å². The minimum atomic E-state index is -0.448. The van der Waals surface area contributed by atoms with E-state index >= 15 is 0 Å². The molecule has 3 heterocycles. The molecule has 0 N–H and O–H groups in total. The van der Waals surface area contributed by atoms with E-state index in [9.17, 15) is 9.59 Å². The van der Waals surface area contributed by atoms with Crippen LogP contribution in [0.1, 0.15) is 31.2 Å². The zero-order chi connectivity index (χ0) is 19.3. The Morgan fingerprint density at radius 1 is 1.11 bits per heavy atom. The van der Waals surface area contributed by atoms with E-state index in [1.807, 2.05) is 21.9 Å². The smallest absolute Gasteiger partial charge is 0.410 e. The van der Waals surface area contributed by atoms with Crippen molar-refractivity contribution in [2.75, 3.05) is 32.7 Å². The van der Waals surface area contributed by atoms with Crippen LogP contribution in [0.3, 0.4) is 0 Å². The highest BCUT2D eigenvalue weighted by atomic mass is 35.5. The zero-order valence-corrected chi connectivity index (χ0v) is 16.7. The van der Waals surface area contributed by atoms with Gasteiger partial charge in [-0.15, -0.1) is 0 Å². The first-order valence-corrected chi connectivity index (χ1v) is 10.7. The van der Waals surface area contributed by atoms with E-state index < -0.39 is 5.60 Å². The molecular weight excluding hydrogens is 378 g/mol. The van der Waals surface area contributed by atoms with Gasteiger partial charge in [0.05, 0.1) is 6.04 Å². The number of rotatable bonds is 3. The summed E-state index contributed by atoms with van der Waals surface area (Å²) in [6.45, 7) is 4.59. The molecule has 0 aromatic heterocycles. The maximum atomic E-state index is 12.5. The van der Waals surface area contributed by atoms with Crippen molar-refractivity contribution in [2.24, 2.45) is 5.92 Å². The number of hydrogen-bond donors (Lipinski definition) is 0. The summed E-state index contributed by atoms with van der Waals surface area (Å²) >= 11 is 6.00. The van der Waals surface area contributed by atoms with Crippen LogP contribution >= 0.6 is 11.6 Å². The number of halogens is 1. The fraction of sp³-hybridized carbons (Fsp3) is 0.619. The lowest BCUT2D eigenvalue weighted by Gasteiger charge is -2.45. The Balaban J connectivity index is 1.27. The Labute approximate surface area is 170 Å². The number of piperazine rings is 1. The van der Waals surface area contributed by atoms with Gasteiger partial charge in [0.2, 0.25) is 5.91 Å². The molecule has 4 aliphatic rings. The van der Waals surface area contributed by atoms with E-state index in [0.717, 1.165) is 50.3 Å². The van der Waals surface area contributed by atoms with Gasteiger partial charge in [-0.2, -0.15) is 0 Å². The average Bonchev–Trinajstić information content (AvgIpc) is 3.51. The molecular formula is C21H26ClN3O3. The van der Waals surface area contributed by atoms with E-state index in [-0.39, 0.29) is 18.1 Å². The number of likely N-dealkylation sites (tertiary alicyclic amines) is 1. The summed E-state index contributed by atoms with van der Waals surface area (Å²) in [6, 6.07) is 8.03. The van der Waals surface area contributed by atoms with Crippen molar-refractivity contribution >= 4 is 23.6 Å². The lowest BCUT2D eigenvalue weighted by molar-refractivity contribution is -0.136. The normalized spacial score (nSPS) is 27.0. The molecule has 3 saturated heterocycles. The van der Waals surface area contributed by atoms with Crippen molar-refractivity contribution in [3.05, 3.63) is 34.9 Å². The number of carbonyl (C=O) groups excluding carboxylic acids is 2. The Kier molecular flexibility index (Phi) is 4.51. The fourth-order valence-corrected chi connectivity index (χ4v) is 5.06. The van der Waals surface area contributed by atoms with Crippen molar-refractivity contribution < 1.29 is 14.3 Å². The maximum absolute atomic E-state index is 12.5. The van der Waals surface area contributed by atoms with Crippen molar-refractivity contribution in [1.29, 1.82) is 0 Å². The van der Waals surface area contributed by atoms with Gasteiger partial charge in [0.1, 0.15) is 5.60 Å². The number of fused-ring (bicyclic) bond motifs is 2. The number of ether oxygens (including phenoxy) is 1. The lowest BCUT2D eigenvalue weighted by Crippen LogP contribution is -2.60. The van der Waals surface area contributed by atoms with Gasteiger partial charge in [-0.1, -0.05) is 23.7 Å². The summed E-state index contributed by atoms with van der Waals surface area (Å²) < 4.78 is 5.96. The lowest BCUT2D eigenvalue weighted by atomic mass is 9.83. The van der Waals surface area contributed by atoms with Crippen LogP contribution in [0.4, 0.5) is 4.79 Å². The molecule has 0 radical (unpaired) electrons. The number of amides is 2. The Hall–Kier alpha value is -1.79. The second kappa shape index (κ2) is 6.92. The highest BCUT2D eigenvalue weighted by Gasteiger charge is 2.57. The third-order valence-corrected chi connectivity index (χ3v) is 7.02. The van der Waals surface area contributed by atoms with Gasteiger partial charge in [0.25, 0.3) is 0 Å². The molecule has 28 heavy (non-hydrogen) atoms. The number of hydrogen-bond acceptors (Lipinski definition) is 4. The second-order valence-electron chi connectivity index (χ2n) is 8.60. The molecule has 1 saturated carbocycles. The number of carbonyl (C=O) groups is 2. The summed E-state index contributed by atoms with van der Waals surface area (Å²) in [5, 5.41) is 0.745. The standard InChI is InChI=1S/C21H26ClN3O3/c22-17-5-1-15(2-6-17)13-23-11-12-25-18(14-23)21(28-20(25)27)7-9-24(10-8-21)19(26)16-3-4-16/h1-2,5-6,16,18H,3-4,7-14H2. The van der Waals surface area contributed by atoms with Crippen LogP contribution in [-0.4, -0.2) is 71.1 Å². The molecule has 150 valence electrons. The molecule has 1 atom stereocenters. The molecule has 1 aromatic rings. The zero-order valence-electron chi connectivity index (χ0n) is 16.0. The van der Waals surface area contributed by atoms with E-state index in [4.69, 9.17) is 16.3 Å². The van der Waals surface area contributed by atoms with Crippen LogP contribution in [0.5, 0.6) is 0 Å². The minimum Gasteiger partial charge on any atom is -0.440 e. The number of nitrogens with zero attached hydrogens (tertiary/aromatic N) is 3. The van der Waals surface area contributed by atoms with Gasteiger partial charge in [-0.3, -0.25) is 14.6 Å². The van der Waals surface area contributed by atoms with Gasteiger partial charge in [0.15, 0.2) is 0 Å². The Morgan fingerprint density at radius 3 is 2.50 bits per heavy atom. The van der Waals surface area contributed by atoms with Crippen LogP contribution in [-0.2, 0) is 16.1 Å². The number of piperidine rings is 1. The van der Waals surface area contributed by atoms with Gasteiger partial charge >= 0.3 is 6.09 Å². The summed E-state index contributed by atoms with van der Waals surface area (Å²) in [7, 11) is 0. The van der Waals surface area contributed by atoms with Crippen molar-refractivity contribution in [2.45, 2.75) is 43.9 Å². The Morgan fingerprint density at radius 2 is 1.82 bits per heavy atom. The van der Waals surface area contributed by atoms with Crippen molar-refractivity contribution in [3.8, 4) is 0 Å². The highest BCUT2D eigenvalue weighted by Crippen LogP contribution is 2.41. The Bertz CT molecular complexity index is 772. The van der Waals surface area contributed by atoms with Gasteiger partial charge in [-0.25, -0.2) is 4.79 Å². The third kappa shape index (κ3) is 3.26. The summed E-state index contributed by atoms with van der Waals surface area (Å²) in [6.07, 6.45) is 3.37. The SMILES string of the molecule is O=C(C1CC1)N1CCC2(CC1)OC(=O)N1CCN(Cc3ccc(Cl)cc3)CC12. The minimum absolute atomic E-state index is 0.0687. The van der Waals surface area contributed by atoms with Crippen molar-refractivity contribution in [1.82, 2.24) is 14.7 Å². The predicted molar refractivity (Wildman–Crippen MR) is 105 cm³/mol. The molecule has 5 rings (SSSR count). The molecule has 2 amide bonds. The van der Waals surface area contributed by atoms with Crippen LogP contribution in [0.2, 0.25) is 5.02 Å². The van der Waals surface area contributed by atoms with Crippen LogP contribution < -0.4 is 0 Å². The number of benzene rings is 1. The van der Waals surface area contributed by atoms with E-state index in [0.29, 0.717) is 25.5 Å². The average molecular weight is 404 g/mol. The first-order chi connectivity index (χ1) is 13.5. The van der Waals surface area contributed by atoms with E-state index in [1.165, 1.54) is 5.56 Å². The molecule has 6 nitrogen and oxygen atoms in total. The summed E-state index contributed by atoms with van der Waals surface area (Å²) in [4.78, 5) is 31.2. The molecule has 4 fully saturated rings. The monoisotopic (exact) mass is 403 g/mol. The maximum Gasteiger partial charge on any atom is 0.410 e. The molecule has 3 aliphatic heterocycles. The molecule has 7 heteroatoms. The molecule has 1 aliphatic carbocycles. The van der Waals surface area contributed by atoms with E-state index in [1.54, 1.807) is 0 Å². The van der Waals surface area contributed by atoms with Crippen LogP contribution in [0.15, 0.2) is 24.3 Å². The molecule has 0 bridgehead atoms. The summed E-state index contributed by atoms with van der Waals surface area (Å²) in [5.74, 6) is 0.547. The quantitative estimate of drug-likeness (QED) is 0.778. The van der Waals surface area contributed by atoms with Gasteiger partial charge < -0.3 is 9.64 Å². The first kappa shape index (κ1) is 18.3. The second-order valence-corrected chi connectivity index (χ2v) is 9.04. The molecule has 1 spiro atoms. The van der Waals surface area contributed by atoms with Gasteiger partial charge in [0, 0.05) is 63.1 Å². The third-order valence-electron chi connectivity index (χ3n) is 6.76. The first-order valence-electron chi connectivity index (χ1n) is 10.3. The summed E-state index contributed by atoms with van der Waals surface area (Å²) in [5.41, 5.74) is 0.776. The van der Waals surface area contributed by atoms with Gasteiger partial charge in [-0.05, 0) is 30.5 Å². The molecule has 1 aromatic carbocycles. The molecule has 1 unspecified atom stereocenters. The predicted octanol–water partition coefficient (Wildman–Crippen LogP) is 2.75. The largest absolute Gasteiger partial charge is 0.440 e. The van der Waals surface area contributed by atoms with Crippen molar-refractivity contribution in [3.63, 3.8) is 0 Å². The fourth-order valence-electron chi connectivity index (χ4n) is 4.93. The van der Waals surface area contributed by atoms with Crippen LogP contribution in [0, 0.1) is 5.92 Å².